The molecule has 2 aromatic carbocycles. The summed E-state index contributed by atoms with van der Waals surface area (Å²) in [4.78, 5) is 0. The fourth-order valence-electron chi connectivity index (χ4n) is 2.41. The second-order valence-electron chi connectivity index (χ2n) is 5.26. The average molecular weight is 252 g/mol. The minimum Gasteiger partial charge on any atom is -0.291 e. The van der Waals surface area contributed by atoms with Gasteiger partial charge in [-0.3, -0.25) is 4.48 Å². The summed E-state index contributed by atoms with van der Waals surface area (Å²) in [6.07, 6.45) is 2.05. The Morgan fingerprint density at radius 2 is 1.53 bits per heavy atom. The van der Waals surface area contributed by atoms with Gasteiger partial charge in [-0.2, -0.15) is 0 Å². The van der Waals surface area contributed by atoms with Gasteiger partial charge in [-0.05, 0) is 13.5 Å². The zero-order valence-corrected chi connectivity index (χ0v) is 11.8. The Kier molecular flexibility index (Phi) is 4.18. The predicted molar refractivity (Wildman–Crippen MR) is 81.4 cm³/mol. The van der Waals surface area contributed by atoms with Crippen molar-refractivity contribution in [1.82, 2.24) is 0 Å². The third-order valence-electron chi connectivity index (χ3n) is 3.95. The van der Waals surface area contributed by atoms with Crippen molar-refractivity contribution >= 4 is 0 Å². The first-order valence-corrected chi connectivity index (χ1v) is 6.73. The van der Waals surface area contributed by atoms with Crippen LogP contribution in [-0.2, 0) is 6.54 Å². The lowest BCUT2D eigenvalue weighted by atomic mass is 10.0. The molecule has 0 spiro atoms. The molecule has 0 aliphatic heterocycles. The number of hydrogen-bond donors (Lipinski definition) is 0. The molecule has 0 radical (unpaired) electrons. The second-order valence-corrected chi connectivity index (χ2v) is 5.26. The lowest BCUT2D eigenvalue weighted by Crippen LogP contribution is -2.39. The number of quaternary nitrogens is 1. The van der Waals surface area contributed by atoms with Crippen LogP contribution >= 0.6 is 0 Å². The third-order valence-corrected chi connectivity index (χ3v) is 3.95. The van der Waals surface area contributed by atoms with Gasteiger partial charge >= 0.3 is 0 Å². The van der Waals surface area contributed by atoms with Crippen LogP contribution in [0.4, 0.5) is 0 Å². The molecule has 1 nitrogen and oxygen atoms in total. The Morgan fingerprint density at radius 3 is 2.05 bits per heavy atom. The highest BCUT2D eigenvalue weighted by Gasteiger charge is 2.27. The molecule has 0 aliphatic rings. The Hall–Kier alpha value is -1.86. The zero-order chi connectivity index (χ0) is 13.7. The molecule has 0 amide bonds. The first-order valence-electron chi connectivity index (χ1n) is 6.73. The molecular weight excluding hydrogens is 230 g/mol. The summed E-state index contributed by atoms with van der Waals surface area (Å²) in [6.45, 7) is 7.27. The van der Waals surface area contributed by atoms with Crippen molar-refractivity contribution in [2.24, 2.45) is 0 Å². The highest BCUT2D eigenvalue weighted by molar-refractivity contribution is 5.18. The van der Waals surface area contributed by atoms with E-state index in [9.17, 15) is 0 Å². The number of benzene rings is 2. The molecule has 0 saturated carbocycles. The van der Waals surface area contributed by atoms with Crippen LogP contribution in [0.5, 0.6) is 0 Å². The Balaban J connectivity index is 2.25. The fraction of sp³-hybridized carbons (Fsp3) is 0.222. The maximum absolute atomic E-state index is 4.05. The van der Waals surface area contributed by atoms with Crippen molar-refractivity contribution in [2.45, 2.75) is 19.5 Å². The Labute approximate surface area is 116 Å². The van der Waals surface area contributed by atoms with Gasteiger partial charge in [0.25, 0.3) is 0 Å². The van der Waals surface area contributed by atoms with E-state index in [4.69, 9.17) is 0 Å². The molecule has 0 heterocycles. The Morgan fingerprint density at radius 1 is 1.00 bits per heavy atom. The maximum atomic E-state index is 4.05. The molecule has 1 heteroatoms. The summed E-state index contributed by atoms with van der Waals surface area (Å²) in [5.74, 6) is 0. The van der Waals surface area contributed by atoms with Crippen molar-refractivity contribution in [3.8, 4) is 0 Å². The minimum absolute atomic E-state index is 0.388. The maximum Gasteiger partial charge on any atom is 0.116 e. The zero-order valence-electron chi connectivity index (χ0n) is 11.8. The van der Waals surface area contributed by atoms with Crippen LogP contribution in [0.3, 0.4) is 0 Å². The number of nitrogens with zero attached hydrogens (tertiary/aromatic N) is 1. The lowest BCUT2D eigenvalue weighted by molar-refractivity contribution is -0.902. The van der Waals surface area contributed by atoms with Crippen LogP contribution in [0.1, 0.15) is 24.1 Å². The molecule has 2 rings (SSSR count). The van der Waals surface area contributed by atoms with Crippen molar-refractivity contribution in [3.05, 3.63) is 84.6 Å². The normalized spacial score (nSPS) is 15.5. The molecule has 19 heavy (non-hydrogen) atoms. The fourth-order valence-corrected chi connectivity index (χ4v) is 2.41. The van der Waals surface area contributed by atoms with E-state index in [0.29, 0.717) is 6.04 Å². The van der Waals surface area contributed by atoms with Crippen molar-refractivity contribution < 1.29 is 4.48 Å². The molecule has 0 saturated heterocycles. The molecule has 2 atom stereocenters. The van der Waals surface area contributed by atoms with Gasteiger partial charge in [-0.15, -0.1) is 0 Å². The first kappa shape index (κ1) is 13.6. The molecule has 0 fully saturated rings. The summed E-state index contributed by atoms with van der Waals surface area (Å²) in [5.41, 5.74) is 2.69. The van der Waals surface area contributed by atoms with E-state index in [1.807, 2.05) is 6.20 Å². The van der Waals surface area contributed by atoms with Crippen LogP contribution < -0.4 is 0 Å². The number of rotatable bonds is 5. The van der Waals surface area contributed by atoms with E-state index >= 15 is 0 Å². The highest BCUT2D eigenvalue weighted by atomic mass is 15.3. The van der Waals surface area contributed by atoms with Crippen molar-refractivity contribution in [2.75, 3.05) is 7.05 Å². The summed E-state index contributed by atoms with van der Waals surface area (Å²) in [7, 11) is 2.23. The van der Waals surface area contributed by atoms with Gasteiger partial charge in [0, 0.05) is 11.1 Å². The molecule has 2 aromatic rings. The largest absolute Gasteiger partial charge is 0.291 e. The van der Waals surface area contributed by atoms with Crippen LogP contribution in [0.2, 0.25) is 0 Å². The number of hydrogen-bond acceptors (Lipinski definition) is 0. The van der Waals surface area contributed by atoms with Gasteiger partial charge in [0.1, 0.15) is 12.6 Å². The van der Waals surface area contributed by atoms with Gasteiger partial charge in [0.05, 0.1) is 13.2 Å². The highest BCUT2D eigenvalue weighted by Crippen LogP contribution is 2.29. The van der Waals surface area contributed by atoms with Gasteiger partial charge in [-0.25, -0.2) is 0 Å². The average Bonchev–Trinajstić information content (AvgIpc) is 2.48. The van der Waals surface area contributed by atoms with E-state index in [2.05, 4.69) is 81.2 Å². The molecule has 0 aliphatic carbocycles. The van der Waals surface area contributed by atoms with E-state index in [1.54, 1.807) is 0 Å². The predicted octanol–water partition coefficient (Wildman–Crippen LogP) is 4.54. The van der Waals surface area contributed by atoms with Gasteiger partial charge in [0.15, 0.2) is 0 Å². The van der Waals surface area contributed by atoms with Gasteiger partial charge in [-0.1, -0.05) is 60.7 Å². The van der Waals surface area contributed by atoms with E-state index < -0.39 is 0 Å². The smallest absolute Gasteiger partial charge is 0.116 e. The second kappa shape index (κ2) is 5.85. The monoisotopic (exact) mass is 252 g/mol. The summed E-state index contributed by atoms with van der Waals surface area (Å²) < 4.78 is 0.800. The minimum atomic E-state index is 0.388. The molecular formula is C18H22N+. The topological polar surface area (TPSA) is 0 Å². The molecule has 2 unspecified atom stereocenters. The summed E-state index contributed by atoms with van der Waals surface area (Å²) >= 11 is 0. The van der Waals surface area contributed by atoms with Crippen molar-refractivity contribution in [3.63, 3.8) is 0 Å². The molecule has 0 N–H and O–H groups in total. The quantitative estimate of drug-likeness (QED) is 0.685. The lowest BCUT2D eigenvalue weighted by Gasteiger charge is -2.36. The van der Waals surface area contributed by atoms with Crippen LogP contribution in [0, 0.1) is 0 Å². The van der Waals surface area contributed by atoms with E-state index in [1.165, 1.54) is 11.1 Å². The van der Waals surface area contributed by atoms with Crippen molar-refractivity contribution in [1.29, 1.82) is 0 Å². The van der Waals surface area contributed by atoms with Crippen LogP contribution in [0.15, 0.2) is 73.4 Å². The standard InChI is InChI=1S/C18H22N/c1-4-19(3,15-17-11-7-5-8-12-17)16(2)18-13-9-6-10-14-18/h4-14,16H,1,15H2,2-3H3/q+1. The van der Waals surface area contributed by atoms with Crippen LogP contribution in [0.25, 0.3) is 0 Å². The summed E-state index contributed by atoms with van der Waals surface area (Å²) in [6, 6.07) is 21.6. The molecule has 0 bridgehead atoms. The first-order chi connectivity index (χ1) is 9.15. The SMILES string of the molecule is C=C[N+](C)(Cc1ccccc1)C(C)c1ccccc1. The van der Waals surface area contributed by atoms with E-state index in [-0.39, 0.29) is 0 Å². The molecule has 98 valence electrons. The Bertz CT molecular complexity index is 518. The van der Waals surface area contributed by atoms with Crippen LogP contribution in [-0.4, -0.2) is 11.5 Å². The summed E-state index contributed by atoms with van der Waals surface area (Å²) in [5, 5.41) is 0. The van der Waals surface area contributed by atoms with E-state index in [0.717, 1.165) is 11.0 Å². The van der Waals surface area contributed by atoms with Gasteiger partial charge in [0.2, 0.25) is 0 Å². The third kappa shape index (κ3) is 3.12. The van der Waals surface area contributed by atoms with Gasteiger partial charge < -0.3 is 0 Å². The molecule has 0 aromatic heterocycles.